The molecule has 3 rings (SSSR count). The minimum absolute atomic E-state index is 0.0798. The maximum atomic E-state index is 13.2. The quantitative estimate of drug-likeness (QED) is 0.466. The lowest BCUT2D eigenvalue weighted by atomic mass is 10.0. The van der Waals surface area contributed by atoms with Gasteiger partial charge < -0.3 is 29.0 Å². The van der Waals surface area contributed by atoms with E-state index in [0.717, 1.165) is 5.57 Å². The predicted molar refractivity (Wildman–Crippen MR) is 126 cm³/mol. The lowest BCUT2D eigenvalue weighted by Crippen LogP contribution is -2.30. The van der Waals surface area contributed by atoms with Gasteiger partial charge in [0.1, 0.15) is 30.0 Å². The standard InChI is InChI=1S/C25H29NO6/c1-17(2)8-13-31-19-5-6-20-24(15-19)32-16-21(25(20)29)18-4-7-23(30-3)22(14-18)26(9-11-27)10-12-28/h4-8,14-16,27-28H,9-13H2,1-3H3. The lowest BCUT2D eigenvalue weighted by molar-refractivity contribution is 0.280. The Hall–Kier alpha value is -3.29. The van der Waals surface area contributed by atoms with Crippen molar-refractivity contribution in [3.05, 3.63) is 64.5 Å². The number of methoxy groups -OCH3 is 1. The van der Waals surface area contributed by atoms with Crippen LogP contribution in [0.15, 0.2) is 63.5 Å². The number of aliphatic hydroxyl groups is 2. The molecule has 0 aliphatic carbocycles. The van der Waals surface area contributed by atoms with Gasteiger partial charge in [-0.3, -0.25) is 4.79 Å². The predicted octanol–water partition coefficient (Wildman–Crippen LogP) is 3.60. The number of nitrogens with zero attached hydrogens (tertiary/aromatic N) is 1. The van der Waals surface area contributed by atoms with Gasteiger partial charge in [-0.25, -0.2) is 0 Å². The van der Waals surface area contributed by atoms with Gasteiger partial charge in [0, 0.05) is 19.2 Å². The van der Waals surface area contributed by atoms with Crippen LogP contribution in [-0.2, 0) is 0 Å². The van der Waals surface area contributed by atoms with Crippen molar-refractivity contribution in [2.24, 2.45) is 0 Å². The first-order valence-electron chi connectivity index (χ1n) is 10.4. The van der Waals surface area contributed by atoms with E-state index < -0.39 is 0 Å². The first-order chi connectivity index (χ1) is 15.5. The van der Waals surface area contributed by atoms with Crippen molar-refractivity contribution in [2.75, 3.05) is 44.9 Å². The Morgan fingerprint density at radius 3 is 2.50 bits per heavy atom. The molecule has 0 saturated heterocycles. The molecule has 2 aromatic carbocycles. The number of fused-ring (bicyclic) bond motifs is 1. The van der Waals surface area contributed by atoms with E-state index in [1.807, 2.05) is 19.9 Å². The van der Waals surface area contributed by atoms with Crippen LogP contribution >= 0.6 is 0 Å². The first kappa shape index (κ1) is 23.4. The third-order valence-electron chi connectivity index (χ3n) is 5.06. The Kier molecular flexibility index (Phi) is 7.92. The molecule has 0 amide bonds. The van der Waals surface area contributed by atoms with Crippen molar-refractivity contribution in [1.29, 1.82) is 0 Å². The van der Waals surface area contributed by atoms with E-state index >= 15 is 0 Å². The minimum Gasteiger partial charge on any atom is -0.495 e. The number of ether oxygens (including phenoxy) is 2. The summed E-state index contributed by atoms with van der Waals surface area (Å²) in [5.74, 6) is 1.21. The molecule has 0 fully saturated rings. The molecule has 1 heterocycles. The summed E-state index contributed by atoms with van der Waals surface area (Å²) < 4.78 is 16.9. The van der Waals surface area contributed by atoms with Crippen LogP contribution in [0.5, 0.6) is 11.5 Å². The van der Waals surface area contributed by atoms with Gasteiger partial charge in [-0.15, -0.1) is 0 Å². The van der Waals surface area contributed by atoms with Gasteiger partial charge >= 0.3 is 0 Å². The van der Waals surface area contributed by atoms with Crippen molar-refractivity contribution in [2.45, 2.75) is 13.8 Å². The molecule has 0 aliphatic rings. The molecule has 2 N–H and O–H groups in total. The SMILES string of the molecule is COc1ccc(-c2coc3cc(OCC=C(C)C)ccc3c2=O)cc1N(CCO)CCO. The van der Waals surface area contributed by atoms with Crippen LogP contribution in [0, 0.1) is 0 Å². The van der Waals surface area contributed by atoms with Gasteiger partial charge in [0.25, 0.3) is 0 Å². The van der Waals surface area contributed by atoms with Crippen LogP contribution in [0.4, 0.5) is 5.69 Å². The zero-order valence-corrected chi connectivity index (χ0v) is 18.6. The van der Waals surface area contributed by atoms with Crippen molar-refractivity contribution in [1.82, 2.24) is 0 Å². The average molecular weight is 440 g/mol. The molecule has 0 atom stereocenters. The van der Waals surface area contributed by atoms with Crippen LogP contribution in [0.25, 0.3) is 22.1 Å². The lowest BCUT2D eigenvalue weighted by Gasteiger charge is -2.25. The highest BCUT2D eigenvalue weighted by atomic mass is 16.5. The van der Waals surface area contributed by atoms with Gasteiger partial charge in [0.15, 0.2) is 5.43 Å². The number of allylic oxidation sites excluding steroid dienone is 1. The minimum atomic E-state index is -0.158. The zero-order chi connectivity index (χ0) is 23.1. The Labute approximate surface area is 187 Å². The number of hydrogen-bond acceptors (Lipinski definition) is 7. The second-order valence-corrected chi connectivity index (χ2v) is 7.55. The number of benzene rings is 2. The summed E-state index contributed by atoms with van der Waals surface area (Å²) in [6.07, 6.45) is 3.42. The number of aliphatic hydroxyl groups excluding tert-OH is 2. The first-order valence-corrected chi connectivity index (χ1v) is 10.4. The number of anilines is 1. The van der Waals surface area contributed by atoms with Gasteiger partial charge in [-0.1, -0.05) is 11.6 Å². The smallest absolute Gasteiger partial charge is 0.200 e. The van der Waals surface area contributed by atoms with Gasteiger partial charge in [-0.2, -0.15) is 0 Å². The van der Waals surface area contributed by atoms with Crippen molar-refractivity contribution in [3.8, 4) is 22.6 Å². The summed E-state index contributed by atoms with van der Waals surface area (Å²) in [4.78, 5) is 15.0. The van der Waals surface area contributed by atoms with E-state index in [2.05, 4.69) is 0 Å². The maximum absolute atomic E-state index is 13.2. The van der Waals surface area contributed by atoms with E-state index in [1.54, 1.807) is 48.4 Å². The Balaban J connectivity index is 2.00. The molecule has 7 heteroatoms. The fraction of sp³-hybridized carbons (Fsp3) is 0.320. The highest BCUT2D eigenvalue weighted by Gasteiger charge is 2.16. The monoisotopic (exact) mass is 439 g/mol. The normalized spacial score (nSPS) is 10.8. The molecular formula is C25H29NO6. The molecule has 0 spiro atoms. The van der Waals surface area contributed by atoms with Crippen molar-refractivity contribution in [3.63, 3.8) is 0 Å². The Morgan fingerprint density at radius 1 is 1.09 bits per heavy atom. The molecule has 0 radical (unpaired) electrons. The van der Waals surface area contributed by atoms with E-state index in [4.69, 9.17) is 13.9 Å². The van der Waals surface area contributed by atoms with Crippen LogP contribution in [0.1, 0.15) is 13.8 Å². The second kappa shape index (κ2) is 10.8. The third kappa shape index (κ3) is 5.30. The number of hydrogen-bond donors (Lipinski definition) is 2. The molecule has 3 aromatic rings. The van der Waals surface area contributed by atoms with E-state index in [0.29, 0.717) is 59.0 Å². The van der Waals surface area contributed by atoms with Gasteiger partial charge in [-0.05, 0) is 49.8 Å². The molecule has 170 valence electrons. The van der Waals surface area contributed by atoms with Gasteiger partial charge in [0.2, 0.25) is 0 Å². The second-order valence-electron chi connectivity index (χ2n) is 7.55. The molecule has 0 saturated carbocycles. The Morgan fingerprint density at radius 2 is 1.84 bits per heavy atom. The molecular weight excluding hydrogens is 410 g/mol. The van der Waals surface area contributed by atoms with Crippen LogP contribution in [0.3, 0.4) is 0 Å². The van der Waals surface area contributed by atoms with E-state index in [-0.39, 0.29) is 18.6 Å². The number of rotatable bonds is 10. The maximum Gasteiger partial charge on any atom is 0.200 e. The van der Waals surface area contributed by atoms with Crippen molar-refractivity contribution < 1.29 is 24.1 Å². The molecule has 0 unspecified atom stereocenters. The molecule has 7 nitrogen and oxygen atoms in total. The zero-order valence-electron chi connectivity index (χ0n) is 18.6. The summed E-state index contributed by atoms with van der Waals surface area (Å²) in [7, 11) is 1.55. The molecule has 32 heavy (non-hydrogen) atoms. The highest BCUT2D eigenvalue weighted by Crippen LogP contribution is 2.33. The van der Waals surface area contributed by atoms with Crippen LogP contribution in [-0.4, -0.2) is 50.2 Å². The third-order valence-corrected chi connectivity index (χ3v) is 5.06. The van der Waals surface area contributed by atoms with Crippen molar-refractivity contribution >= 4 is 16.7 Å². The summed E-state index contributed by atoms with van der Waals surface area (Å²) in [5, 5.41) is 19.3. The van der Waals surface area contributed by atoms with E-state index in [1.165, 1.54) is 6.26 Å². The largest absolute Gasteiger partial charge is 0.495 e. The van der Waals surface area contributed by atoms with Crippen LogP contribution < -0.4 is 19.8 Å². The molecule has 0 bridgehead atoms. The summed E-state index contributed by atoms with van der Waals surface area (Å²) in [5.41, 5.74) is 3.19. The van der Waals surface area contributed by atoms with Crippen LogP contribution in [0.2, 0.25) is 0 Å². The Bertz CT molecular complexity index is 1140. The highest BCUT2D eigenvalue weighted by molar-refractivity contribution is 5.83. The summed E-state index contributed by atoms with van der Waals surface area (Å²) >= 11 is 0. The molecule has 1 aromatic heterocycles. The molecule has 0 aliphatic heterocycles. The summed E-state index contributed by atoms with van der Waals surface area (Å²) in [6.45, 7) is 4.93. The average Bonchev–Trinajstić information content (AvgIpc) is 2.78. The summed E-state index contributed by atoms with van der Waals surface area (Å²) in [6, 6.07) is 10.5. The van der Waals surface area contributed by atoms with E-state index in [9.17, 15) is 15.0 Å². The van der Waals surface area contributed by atoms with Gasteiger partial charge in [0.05, 0.1) is 37.0 Å². The fourth-order valence-electron chi connectivity index (χ4n) is 3.40. The topological polar surface area (TPSA) is 92.4 Å². The fourth-order valence-corrected chi connectivity index (χ4v) is 3.40.